The molecular weight excluding hydrogens is 478 g/mol. The molecule has 3 N–H and O–H groups in total. The minimum atomic E-state index is -1.79. The largest absolute Gasteiger partial charge is 0.396 e. The highest BCUT2D eigenvalue weighted by atomic mass is 35.5. The molecule has 0 bridgehead atoms. The molecule has 0 fully saturated rings. The summed E-state index contributed by atoms with van der Waals surface area (Å²) in [6.07, 6.45) is 3.93. The molecule has 0 unspecified atom stereocenters. The molecule has 1 aromatic heterocycles. The van der Waals surface area contributed by atoms with E-state index in [9.17, 15) is 14.7 Å². The smallest absolute Gasteiger partial charge is 0.279 e. The van der Waals surface area contributed by atoms with Gasteiger partial charge >= 0.3 is 0 Å². The van der Waals surface area contributed by atoms with Crippen LogP contribution in [0.5, 0.6) is 0 Å². The summed E-state index contributed by atoms with van der Waals surface area (Å²) in [6.45, 7) is 1.95. The number of halogens is 1. The van der Waals surface area contributed by atoms with Crippen LogP contribution in [0.4, 0.5) is 5.69 Å². The van der Waals surface area contributed by atoms with E-state index in [0.717, 1.165) is 11.1 Å². The number of nitrogens with zero attached hydrogens (tertiary/aromatic N) is 2. The van der Waals surface area contributed by atoms with Gasteiger partial charge in [0.25, 0.3) is 11.5 Å². The number of aliphatic hydroxyl groups excluding tert-OH is 1. The van der Waals surface area contributed by atoms with Gasteiger partial charge in [0, 0.05) is 23.1 Å². The Balaban J connectivity index is 1.51. The van der Waals surface area contributed by atoms with Gasteiger partial charge in [-0.05, 0) is 54.4 Å². The molecule has 2 heterocycles. The number of benzene rings is 3. The molecule has 1 aliphatic rings. The average molecular weight is 504 g/mol. The van der Waals surface area contributed by atoms with Crippen LogP contribution >= 0.6 is 11.6 Å². The van der Waals surface area contributed by atoms with Gasteiger partial charge in [0.15, 0.2) is 5.60 Å². The molecule has 0 spiro atoms. The van der Waals surface area contributed by atoms with Crippen molar-refractivity contribution in [3.05, 3.63) is 105 Å². The number of para-hydroxylation sites is 1. The average Bonchev–Trinajstić information content (AvgIpc) is 3.32. The highest BCUT2D eigenvalue weighted by Gasteiger charge is 2.52. The van der Waals surface area contributed by atoms with Crippen LogP contribution in [0.2, 0.25) is 5.02 Å². The molecule has 2 atom stereocenters. The topological polar surface area (TPSA) is 98.6 Å². The molecular formula is C28H26ClN3O4. The SMILES string of the molecule is C[C@@H](/C=C/CCO)[C@]1(O)C(=O)N(Cc2cccc(-n3[nH]c4ccccc4c3=O)c2)c2ccc(Cl)cc21. The molecule has 0 saturated carbocycles. The summed E-state index contributed by atoms with van der Waals surface area (Å²) in [7, 11) is 0. The number of amides is 1. The number of hydrogen-bond donors (Lipinski definition) is 3. The van der Waals surface area contributed by atoms with Crippen LogP contribution in [-0.4, -0.2) is 32.5 Å². The normalized spacial score (nSPS) is 18.3. The highest BCUT2D eigenvalue weighted by Crippen LogP contribution is 2.46. The van der Waals surface area contributed by atoms with E-state index in [-0.39, 0.29) is 18.7 Å². The monoisotopic (exact) mass is 503 g/mol. The molecule has 8 heteroatoms. The fourth-order valence-corrected chi connectivity index (χ4v) is 4.98. The number of aromatic nitrogens is 2. The van der Waals surface area contributed by atoms with Gasteiger partial charge < -0.3 is 15.1 Å². The Morgan fingerprint density at radius 3 is 2.67 bits per heavy atom. The van der Waals surface area contributed by atoms with E-state index in [2.05, 4.69) is 5.10 Å². The number of aliphatic hydroxyl groups is 2. The van der Waals surface area contributed by atoms with Crippen molar-refractivity contribution >= 4 is 34.1 Å². The van der Waals surface area contributed by atoms with E-state index in [1.807, 2.05) is 42.5 Å². The first-order valence-electron chi connectivity index (χ1n) is 11.8. The molecule has 7 nitrogen and oxygen atoms in total. The van der Waals surface area contributed by atoms with Gasteiger partial charge in [-0.15, -0.1) is 0 Å². The first-order valence-corrected chi connectivity index (χ1v) is 12.1. The maximum absolute atomic E-state index is 13.7. The number of H-pyrrole nitrogens is 1. The predicted molar refractivity (Wildman–Crippen MR) is 140 cm³/mol. The minimum Gasteiger partial charge on any atom is -0.396 e. The lowest BCUT2D eigenvalue weighted by Crippen LogP contribution is -2.44. The van der Waals surface area contributed by atoms with Crippen LogP contribution in [0.1, 0.15) is 24.5 Å². The van der Waals surface area contributed by atoms with Gasteiger partial charge in [0.2, 0.25) is 0 Å². The summed E-state index contributed by atoms with van der Waals surface area (Å²) in [5, 5.41) is 24.9. The summed E-state index contributed by atoms with van der Waals surface area (Å²) >= 11 is 6.25. The third-order valence-electron chi connectivity index (χ3n) is 6.71. The van der Waals surface area contributed by atoms with E-state index in [0.29, 0.717) is 33.8 Å². The van der Waals surface area contributed by atoms with Crippen LogP contribution in [0.15, 0.2) is 83.7 Å². The zero-order chi connectivity index (χ0) is 25.4. The zero-order valence-corrected chi connectivity index (χ0v) is 20.4. The second-order valence-electron chi connectivity index (χ2n) is 9.02. The van der Waals surface area contributed by atoms with E-state index in [1.54, 1.807) is 48.2 Å². The number of hydrogen-bond acceptors (Lipinski definition) is 4. The Morgan fingerprint density at radius 2 is 1.89 bits per heavy atom. The lowest BCUT2D eigenvalue weighted by atomic mass is 9.83. The van der Waals surface area contributed by atoms with Gasteiger partial charge in [-0.25, -0.2) is 4.68 Å². The van der Waals surface area contributed by atoms with E-state index >= 15 is 0 Å². The summed E-state index contributed by atoms with van der Waals surface area (Å²) in [6, 6.07) is 19.8. The molecule has 1 aliphatic heterocycles. The molecule has 3 aromatic carbocycles. The maximum Gasteiger partial charge on any atom is 0.279 e. The van der Waals surface area contributed by atoms with Gasteiger partial charge in [0.1, 0.15) is 0 Å². The van der Waals surface area contributed by atoms with Crippen molar-refractivity contribution in [1.29, 1.82) is 0 Å². The highest BCUT2D eigenvalue weighted by molar-refractivity contribution is 6.31. The van der Waals surface area contributed by atoms with Crippen molar-refractivity contribution in [3.63, 3.8) is 0 Å². The predicted octanol–water partition coefficient (Wildman–Crippen LogP) is 4.28. The van der Waals surface area contributed by atoms with Crippen LogP contribution in [0.3, 0.4) is 0 Å². The van der Waals surface area contributed by atoms with E-state index in [4.69, 9.17) is 16.7 Å². The minimum absolute atomic E-state index is 0.0140. The van der Waals surface area contributed by atoms with E-state index in [1.165, 1.54) is 4.68 Å². The standard InChI is InChI=1S/C28H26ClN3O4/c1-18(7-4-5-14-33)28(36)23-16-20(29)12-13-25(23)31(27(28)35)17-19-8-6-9-21(15-19)32-26(34)22-10-2-3-11-24(22)30-32/h2-4,6-13,15-16,18,30,33,36H,5,14,17H2,1H3/b7-4+/t18-,28+/m0/s1. The van der Waals surface area contributed by atoms with Crippen LogP contribution in [0, 0.1) is 5.92 Å². The Kier molecular flexibility index (Phi) is 6.30. The second kappa shape index (κ2) is 9.43. The molecule has 4 aromatic rings. The number of aromatic amines is 1. The third kappa shape index (κ3) is 3.95. The summed E-state index contributed by atoms with van der Waals surface area (Å²) in [4.78, 5) is 28.1. The van der Waals surface area contributed by atoms with Crippen molar-refractivity contribution in [3.8, 4) is 5.69 Å². The summed E-state index contributed by atoms with van der Waals surface area (Å²) < 4.78 is 1.48. The fourth-order valence-electron chi connectivity index (χ4n) is 4.81. The number of nitrogens with one attached hydrogen (secondary N) is 1. The van der Waals surface area contributed by atoms with Gasteiger partial charge in [-0.3, -0.25) is 14.7 Å². The van der Waals surface area contributed by atoms with E-state index < -0.39 is 17.4 Å². The molecule has 5 rings (SSSR count). The lowest BCUT2D eigenvalue weighted by Gasteiger charge is -2.27. The second-order valence-corrected chi connectivity index (χ2v) is 9.45. The Labute approximate surface area is 212 Å². The van der Waals surface area contributed by atoms with Crippen LogP contribution in [-0.2, 0) is 16.9 Å². The molecule has 0 radical (unpaired) electrons. The zero-order valence-electron chi connectivity index (χ0n) is 19.7. The number of rotatable bonds is 7. The molecule has 0 saturated heterocycles. The van der Waals surface area contributed by atoms with Crippen LogP contribution in [0.25, 0.3) is 16.6 Å². The first-order chi connectivity index (χ1) is 17.3. The molecule has 0 aliphatic carbocycles. The number of carbonyl (C=O) groups excluding carboxylic acids is 1. The third-order valence-corrected chi connectivity index (χ3v) is 6.95. The van der Waals surface area contributed by atoms with Crippen molar-refractivity contribution in [2.75, 3.05) is 11.5 Å². The quantitative estimate of drug-likeness (QED) is 0.328. The van der Waals surface area contributed by atoms with Gasteiger partial charge in [-0.1, -0.05) is 54.9 Å². The Hall–Kier alpha value is -3.65. The fraction of sp³-hybridized carbons (Fsp3) is 0.214. The van der Waals surface area contributed by atoms with Crippen molar-refractivity contribution < 1.29 is 15.0 Å². The Bertz CT molecular complexity index is 1540. The van der Waals surface area contributed by atoms with Gasteiger partial charge in [-0.2, -0.15) is 0 Å². The van der Waals surface area contributed by atoms with Crippen molar-refractivity contribution in [2.24, 2.45) is 5.92 Å². The molecule has 36 heavy (non-hydrogen) atoms. The number of anilines is 1. The molecule has 1 amide bonds. The van der Waals surface area contributed by atoms with Crippen LogP contribution < -0.4 is 10.5 Å². The first kappa shape index (κ1) is 24.1. The van der Waals surface area contributed by atoms with Crippen molar-refractivity contribution in [2.45, 2.75) is 25.5 Å². The Morgan fingerprint density at radius 1 is 1.08 bits per heavy atom. The van der Waals surface area contributed by atoms with Gasteiger partial charge in [0.05, 0.1) is 28.8 Å². The van der Waals surface area contributed by atoms with Crippen molar-refractivity contribution in [1.82, 2.24) is 9.78 Å². The maximum atomic E-state index is 13.7. The number of fused-ring (bicyclic) bond motifs is 2. The number of carbonyl (C=O) groups is 1. The lowest BCUT2D eigenvalue weighted by molar-refractivity contribution is -0.139. The summed E-state index contributed by atoms with van der Waals surface area (Å²) in [5.41, 5.74) is 1.26. The molecule has 184 valence electrons. The summed E-state index contributed by atoms with van der Waals surface area (Å²) in [5.74, 6) is -0.996.